The van der Waals surface area contributed by atoms with Crippen molar-refractivity contribution in [3.63, 3.8) is 0 Å². The summed E-state index contributed by atoms with van der Waals surface area (Å²) in [5.74, 6) is -0.708. The predicted molar refractivity (Wildman–Crippen MR) is 76.3 cm³/mol. The molecule has 0 saturated heterocycles. The number of hydrogen-bond donors (Lipinski definition) is 2. The molecule has 2 rings (SSSR count). The molecule has 0 heterocycles. The molecule has 5 heteroatoms. The maximum atomic E-state index is 13.8. The fourth-order valence-electron chi connectivity index (χ4n) is 2.94. The van der Waals surface area contributed by atoms with Crippen LogP contribution in [0, 0.1) is 11.7 Å². The van der Waals surface area contributed by atoms with Crippen LogP contribution in [0.4, 0.5) is 4.39 Å². The number of aliphatic hydroxyl groups excluding tert-OH is 1. The first-order valence-electron chi connectivity index (χ1n) is 6.84. The summed E-state index contributed by atoms with van der Waals surface area (Å²) in [5, 5.41) is 12.7. The molecule has 3 nitrogen and oxygen atoms in total. The Hall–Kier alpha value is -1.13. The van der Waals surface area contributed by atoms with Crippen molar-refractivity contribution in [2.45, 2.75) is 38.1 Å². The molecule has 0 aromatic heterocycles. The van der Waals surface area contributed by atoms with E-state index in [-0.39, 0.29) is 17.2 Å². The molecule has 0 aliphatic heterocycles. The van der Waals surface area contributed by atoms with Crippen LogP contribution in [0.5, 0.6) is 0 Å². The molecular weight excluding hydrogens is 281 g/mol. The van der Waals surface area contributed by atoms with Crippen LogP contribution >= 0.6 is 11.6 Å². The van der Waals surface area contributed by atoms with Crippen LogP contribution in [0.15, 0.2) is 18.2 Å². The average molecular weight is 300 g/mol. The first-order valence-corrected chi connectivity index (χ1v) is 7.22. The van der Waals surface area contributed by atoms with Gasteiger partial charge in [0.15, 0.2) is 0 Å². The van der Waals surface area contributed by atoms with Gasteiger partial charge in [-0.25, -0.2) is 4.39 Å². The van der Waals surface area contributed by atoms with Crippen LogP contribution in [0.25, 0.3) is 0 Å². The number of carbonyl (C=O) groups is 1. The second-order valence-electron chi connectivity index (χ2n) is 5.72. The van der Waals surface area contributed by atoms with Gasteiger partial charge in [-0.05, 0) is 37.0 Å². The van der Waals surface area contributed by atoms with Gasteiger partial charge in [-0.15, -0.1) is 0 Å². The highest BCUT2D eigenvalue weighted by atomic mass is 35.5. The maximum Gasteiger partial charge on any atom is 0.254 e. The summed E-state index contributed by atoms with van der Waals surface area (Å²) in [6.07, 6.45) is 3.47. The predicted octanol–water partition coefficient (Wildman–Crippen LogP) is 3.15. The Morgan fingerprint density at radius 3 is 2.95 bits per heavy atom. The minimum absolute atomic E-state index is 0.0412. The lowest BCUT2D eigenvalue weighted by Crippen LogP contribution is -2.54. The van der Waals surface area contributed by atoms with E-state index in [0.717, 1.165) is 25.3 Å². The average Bonchev–Trinajstić information content (AvgIpc) is 2.38. The van der Waals surface area contributed by atoms with Gasteiger partial charge in [-0.3, -0.25) is 4.79 Å². The normalized spacial score (nSPS) is 26.3. The van der Waals surface area contributed by atoms with Crippen LogP contribution in [0.1, 0.15) is 43.0 Å². The van der Waals surface area contributed by atoms with E-state index < -0.39 is 17.3 Å². The van der Waals surface area contributed by atoms with Crippen LogP contribution in [0.3, 0.4) is 0 Å². The highest BCUT2D eigenvalue weighted by Gasteiger charge is 2.36. The first-order chi connectivity index (χ1) is 9.46. The second-order valence-corrected chi connectivity index (χ2v) is 6.15. The summed E-state index contributed by atoms with van der Waals surface area (Å²) in [5.41, 5.74) is -0.679. The molecule has 0 spiro atoms. The summed E-state index contributed by atoms with van der Waals surface area (Å²) >= 11 is 5.68. The van der Waals surface area contributed by atoms with Crippen molar-refractivity contribution in [2.75, 3.05) is 6.61 Å². The molecule has 1 aliphatic rings. The minimum Gasteiger partial charge on any atom is -0.394 e. The molecule has 1 fully saturated rings. The zero-order chi connectivity index (χ0) is 14.8. The minimum atomic E-state index is -0.646. The molecule has 110 valence electrons. The standard InChI is InChI=1S/C15H19ClFNO2/c1-10-3-2-6-15(8-10,9-19)18-14(20)12-5-4-11(16)7-13(12)17/h4-5,7,10,19H,2-3,6,8-9H2,1H3,(H,18,20). The third-order valence-corrected chi connectivity index (χ3v) is 4.18. The van der Waals surface area contributed by atoms with Crippen molar-refractivity contribution in [1.82, 2.24) is 5.32 Å². The Labute approximate surface area is 123 Å². The SMILES string of the molecule is CC1CCCC(CO)(NC(=O)c2ccc(Cl)cc2F)C1. The molecule has 2 N–H and O–H groups in total. The zero-order valence-corrected chi connectivity index (χ0v) is 12.2. The van der Waals surface area contributed by atoms with Crippen molar-refractivity contribution in [2.24, 2.45) is 5.92 Å². The van der Waals surface area contributed by atoms with Crippen molar-refractivity contribution >= 4 is 17.5 Å². The second kappa shape index (κ2) is 6.10. The van der Waals surface area contributed by atoms with Gasteiger partial charge in [0.25, 0.3) is 5.91 Å². The maximum absolute atomic E-state index is 13.8. The molecule has 1 amide bonds. The summed E-state index contributed by atoms with van der Waals surface area (Å²) in [7, 11) is 0. The number of carbonyl (C=O) groups excluding carboxylic acids is 1. The number of amides is 1. The Morgan fingerprint density at radius 2 is 2.35 bits per heavy atom. The van der Waals surface area contributed by atoms with Gasteiger partial charge in [0.1, 0.15) is 5.82 Å². The molecule has 1 aliphatic carbocycles. The van der Waals surface area contributed by atoms with Gasteiger partial charge in [-0.2, -0.15) is 0 Å². The molecule has 1 saturated carbocycles. The van der Waals surface area contributed by atoms with E-state index in [1.165, 1.54) is 12.1 Å². The fraction of sp³-hybridized carbons (Fsp3) is 0.533. The van der Waals surface area contributed by atoms with Gasteiger partial charge >= 0.3 is 0 Å². The summed E-state index contributed by atoms with van der Waals surface area (Å²) in [4.78, 5) is 12.2. The Balaban J connectivity index is 2.16. The number of hydrogen-bond acceptors (Lipinski definition) is 2. The summed E-state index contributed by atoms with van der Waals surface area (Å²) in [6, 6.07) is 3.96. The summed E-state index contributed by atoms with van der Waals surface area (Å²) in [6.45, 7) is 1.97. The van der Waals surface area contributed by atoms with Crippen molar-refractivity contribution in [1.29, 1.82) is 0 Å². The highest BCUT2D eigenvalue weighted by molar-refractivity contribution is 6.30. The van der Waals surface area contributed by atoms with Crippen LogP contribution in [-0.2, 0) is 0 Å². The Bertz CT molecular complexity index is 509. The van der Waals surface area contributed by atoms with E-state index in [4.69, 9.17) is 11.6 Å². The zero-order valence-electron chi connectivity index (χ0n) is 11.5. The van der Waals surface area contributed by atoms with Crippen LogP contribution in [-0.4, -0.2) is 23.2 Å². The fourth-order valence-corrected chi connectivity index (χ4v) is 3.10. The van der Waals surface area contributed by atoms with Crippen LogP contribution in [0.2, 0.25) is 5.02 Å². The molecule has 1 aromatic rings. The molecule has 1 aromatic carbocycles. The van der Waals surface area contributed by atoms with Gasteiger partial charge in [-0.1, -0.05) is 31.4 Å². The van der Waals surface area contributed by atoms with E-state index in [9.17, 15) is 14.3 Å². The lowest BCUT2D eigenvalue weighted by atomic mass is 9.76. The third kappa shape index (κ3) is 3.30. The lowest BCUT2D eigenvalue weighted by Gasteiger charge is -2.39. The van der Waals surface area contributed by atoms with E-state index in [0.29, 0.717) is 12.3 Å². The molecule has 2 unspecified atom stereocenters. The van der Waals surface area contributed by atoms with E-state index in [1.54, 1.807) is 0 Å². The largest absolute Gasteiger partial charge is 0.394 e. The van der Waals surface area contributed by atoms with Crippen molar-refractivity contribution in [3.05, 3.63) is 34.6 Å². The van der Waals surface area contributed by atoms with Crippen LogP contribution < -0.4 is 5.32 Å². The molecule has 0 bridgehead atoms. The first kappa shape index (κ1) is 15.3. The number of aliphatic hydroxyl groups is 1. The number of halogens is 2. The Kier molecular flexibility index (Phi) is 4.66. The topological polar surface area (TPSA) is 49.3 Å². The van der Waals surface area contributed by atoms with Gasteiger partial charge in [0.2, 0.25) is 0 Å². The monoisotopic (exact) mass is 299 g/mol. The molecular formula is C15H19ClFNO2. The smallest absolute Gasteiger partial charge is 0.254 e. The van der Waals surface area contributed by atoms with Gasteiger partial charge in [0.05, 0.1) is 17.7 Å². The Morgan fingerprint density at radius 1 is 1.60 bits per heavy atom. The van der Waals surface area contributed by atoms with E-state index in [2.05, 4.69) is 12.2 Å². The molecule has 20 heavy (non-hydrogen) atoms. The van der Waals surface area contributed by atoms with Crippen molar-refractivity contribution in [3.8, 4) is 0 Å². The van der Waals surface area contributed by atoms with E-state index in [1.807, 2.05) is 0 Å². The highest BCUT2D eigenvalue weighted by Crippen LogP contribution is 2.32. The lowest BCUT2D eigenvalue weighted by molar-refractivity contribution is 0.0693. The number of benzene rings is 1. The quantitative estimate of drug-likeness (QED) is 0.901. The van der Waals surface area contributed by atoms with Gasteiger partial charge in [0, 0.05) is 5.02 Å². The van der Waals surface area contributed by atoms with Gasteiger partial charge < -0.3 is 10.4 Å². The molecule has 0 radical (unpaired) electrons. The number of rotatable bonds is 3. The van der Waals surface area contributed by atoms with E-state index >= 15 is 0 Å². The molecule has 2 atom stereocenters. The number of nitrogens with one attached hydrogen (secondary N) is 1. The third-order valence-electron chi connectivity index (χ3n) is 3.95. The summed E-state index contributed by atoms with van der Waals surface area (Å²) < 4.78 is 13.8. The van der Waals surface area contributed by atoms with Crippen molar-refractivity contribution < 1.29 is 14.3 Å².